The molecule has 0 N–H and O–H groups in total. The summed E-state index contributed by atoms with van der Waals surface area (Å²) < 4.78 is 0. The molecule has 0 aliphatic rings. The molecule has 0 unspecified atom stereocenters. The lowest BCUT2D eigenvalue weighted by molar-refractivity contribution is 1.19. The Labute approximate surface area is 299 Å². The van der Waals surface area contributed by atoms with Crippen molar-refractivity contribution in [2.45, 2.75) is 0 Å². The quantitative estimate of drug-likeness (QED) is 0.175. The number of benzene rings is 7. The third-order valence-electron chi connectivity index (χ3n) is 9.95. The standard InChI is InChI=1S/C47H27N5/c48-28-29-19-20-37-34(23-29)26-41(39-16-4-3-15-38(37)39)43-27-44(42-25-32-13-7-21-49-45(32)46-40(42)18-8-22-50-46)52-47(51-43)33-12-5-11-31(24-33)36-17-6-10-30-9-1-2-14-35(30)36/h1-27H. The number of nitriles is 1. The number of pyridine rings is 2. The van der Waals surface area contributed by atoms with Gasteiger partial charge in [-0.1, -0.05) is 103 Å². The lowest BCUT2D eigenvalue weighted by Crippen LogP contribution is -1.98. The summed E-state index contributed by atoms with van der Waals surface area (Å²) in [5.41, 5.74) is 8.97. The van der Waals surface area contributed by atoms with Crippen LogP contribution in [0.2, 0.25) is 0 Å². The summed E-state index contributed by atoms with van der Waals surface area (Å²) in [5.74, 6) is 0.618. The first-order valence-corrected chi connectivity index (χ1v) is 17.2. The van der Waals surface area contributed by atoms with E-state index in [4.69, 9.17) is 19.9 Å². The van der Waals surface area contributed by atoms with E-state index in [1.54, 1.807) is 0 Å². The number of fused-ring (bicyclic) bond motifs is 7. The third kappa shape index (κ3) is 4.86. The van der Waals surface area contributed by atoms with Crippen LogP contribution < -0.4 is 0 Å². The van der Waals surface area contributed by atoms with Crippen molar-refractivity contribution in [2.24, 2.45) is 0 Å². The maximum Gasteiger partial charge on any atom is 0.160 e. The van der Waals surface area contributed by atoms with Crippen LogP contribution >= 0.6 is 0 Å². The molecule has 0 aliphatic carbocycles. The van der Waals surface area contributed by atoms with Crippen LogP contribution in [0.5, 0.6) is 0 Å². The van der Waals surface area contributed by atoms with Gasteiger partial charge in [-0.25, -0.2) is 9.97 Å². The largest absolute Gasteiger partial charge is 0.254 e. The minimum atomic E-state index is 0.617. The van der Waals surface area contributed by atoms with Crippen LogP contribution in [0.15, 0.2) is 164 Å². The molecule has 5 nitrogen and oxygen atoms in total. The molecule has 0 amide bonds. The number of rotatable bonds is 4. The monoisotopic (exact) mass is 661 g/mol. The Morgan fingerprint density at radius 1 is 0.404 bits per heavy atom. The normalized spacial score (nSPS) is 11.4. The molecule has 5 heteroatoms. The van der Waals surface area contributed by atoms with E-state index in [9.17, 15) is 5.26 Å². The molecule has 10 aromatic rings. The predicted molar refractivity (Wildman–Crippen MR) is 212 cm³/mol. The molecule has 52 heavy (non-hydrogen) atoms. The van der Waals surface area contributed by atoms with E-state index in [1.807, 2.05) is 42.7 Å². The zero-order chi connectivity index (χ0) is 34.6. The van der Waals surface area contributed by atoms with Crippen LogP contribution in [0, 0.1) is 11.3 Å². The first kappa shape index (κ1) is 29.6. The van der Waals surface area contributed by atoms with Crippen LogP contribution in [0.3, 0.4) is 0 Å². The lowest BCUT2D eigenvalue weighted by atomic mass is 9.93. The summed E-state index contributed by atoms with van der Waals surface area (Å²) in [7, 11) is 0. The van der Waals surface area contributed by atoms with Crippen molar-refractivity contribution in [3.63, 3.8) is 0 Å². The Bertz CT molecular complexity index is 3100. The number of hydrogen-bond acceptors (Lipinski definition) is 5. The van der Waals surface area contributed by atoms with Crippen LogP contribution in [-0.2, 0) is 0 Å². The minimum absolute atomic E-state index is 0.617. The van der Waals surface area contributed by atoms with Gasteiger partial charge in [-0.2, -0.15) is 5.26 Å². The second kappa shape index (κ2) is 11.9. The van der Waals surface area contributed by atoms with Gasteiger partial charge in [-0.15, -0.1) is 0 Å². The van der Waals surface area contributed by atoms with Crippen molar-refractivity contribution in [2.75, 3.05) is 0 Å². The van der Waals surface area contributed by atoms with Crippen molar-refractivity contribution in [1.29, 1.82) is 5.26 Å². The van der Waals surface area contributed by atoms with Crippen molar-refractivity contribution in [3.8, 4) is 51.1 Å². The van der Waals surface area contributed by atoms with Gasteiger partial charge in [0.2, 0.25) is 0 Å². The Morgan fingerprint density at radius 3 is 1.92 bits per heavy atom. The van der Waals surface area contributed by atoms with E-state index in [-0.39, 0.29) is 0 Å². The Balaban J connectivity index is 1.27. The number of aromatic nitrogens is 4. The van der Waals surface area contributed by atoms with Gasteiger partial charge in [0.25, 0.3) is 0 Å². The maximum absolute atomic E-state index is 9.77. The predicted octanol–water partition coefficient (Wildman–Crippen LogP) is 11.6. The van der Waals surface area contributed by atoms with Gasteiger partial charge in [-0.05, 0) is 92.0 Å². The molecule has 0 saturated carbocycles. The highest BCUT2D eigenvalue weighted by molar-refractivity contribution is 6.14. The summed E-state index contributed by atoms with van der Waals surface area (Å²) in [6.45, 7) is 0. The van der Waals surface area contributed by atoms with Crippen LogP contribution in [-0.4, -0.2) is 19.9 Å². The van der Waals surface area contributed by atoms with Gasteiger partial charge in [-0.3, -0.25) is 9.97 Å². The molecule has 0 aliphatic heterocycles. The van der Waals surface area contributed by atoms with E-state index in [0.717, 1.165) is 82.6 Å². The fourth-order valence-electron chi connectivity index (χ4n) is 7.54. The summed E-state index contributed by atoms with van der Waals surface area (Å²) in [6, 6.07) is 54.5. The molecule has 0 atom stereocenters. The molecule has 0 bridgehead atoms. The summed E-state index contributed by atoms with van der Waals surface area (Å²) in [5, 5.41) is 18.4. The van der Waals surface area contributed by atoms with Crippen molar-refractivity contribution < 1.29 is 0 Å². The van der Waals surface area contributed by atoms with Gasteiger partial charge in [0.05, 0.1) is 34.1 Å². The van der Waals surface area contributed by atoms with Gasteiger partial charge in [0.15, 0.2) is 5.82 Å². The Kier molecular flexibility index (Phi) is 6.80. The van der Waals surface area contributed by atoms with E-state index in [0.29, 0.717) is 11.4 Å². The number of nitrogens with zero attached hydrogens (tertiary/aromatic N) is 5. The summed E-state index contributed by atoms with van der Waals surface area (Å²) in [6.07, 6.45) is 3.62. The lowest BCUT2D eigenvalue weighted by Gasteiger charge is -2.15. The maximum atomic E-state index is 9.77. The van der Waals surface area contributed by atoms with Gasteiger partial charge < -0.3 is 0 Å². The molecule has 0 saturated heterocycles. The molecule has 240 valence electrons. The molecule has 0 radical (unpaired) electrons. The van der Waals surface area contributed by atoms with E-state index in [2.05, 4.69) is 127 Å². The highest BCUT2D eigenvalue weighted by Gasteiger charge is 2.18. The molecule has 7 aromatic carbocycles. The molecule has 0 fully saturated rings. The van der Waals surface area contributed by atoms with Crippen molar-refractivity contribution in [1.82, 2.24) is 19.9 Å². The second-order valence-corrected chi connectivity index (χ2v) is 13.0. The average molecular weight is 662 g/mol. The topological polar surface area (TPSA) is 75.3 Å². The van der Waals surface area contributed by atoms with Crippen LogP contribution in [0.1, 0.15) is 5.56 Å². The summed E-state index contributed by atoms with van der Waals surface area (Å²) in [4.78, 5) is 20.1. The van der Waals surface area contributed by atoms with Crippen LogP contribution in [0.4, 0.5) is 0 Å². The smallest absolute Gasteiger partial charge is 0.160 e. The molecule has 10 rings (SSSR count). The summed E-state index contributed by atoms with van der Waals surface area (Å²) >= 11 is 0. The molecular weight excluding hydrogens is 635 g/mol. The van der Waals surface area contributed by atoms with E-state index >= 15 is 0 Å². The molecule has 3 heterocycles. The highest BCUT2D eigenvalue weighted by Crippen LogP contribution is 2.39. The first-order valence-electron chi connectivity index (χ1n) is 17.2. The molecule has 0 spiro atoms. The van der Waals surface area contributed by atoms with Crippen LogP contribution in [0.25, 0.3) is 99.2 Å². The molecular formula is C47H27N5. The number of hydrogen-bond donors (Lipinski definition) is 0. The minimum Gasteiger partial charge on any atom is -0.254 e. The average Bonchev–Trinajstić information content (AvgIpc) is 3.22. The SMILES string of the molecule is N#Cc1ccc2c(c1)cc(-c1cc(-c3cc4cccnc4c4ncccc34)nc(-c3cccc(-c4cccc5ccccc45)c3)n1)c1ccccc12. The fourth-order valence-corrected chi connectivity index (χ4v) is 7.54. The Hall–Kier alpha value is -7.29. The fraction of sp³-hybridized carbons (Fsp3) is 0. The van der Waals surface area contributed by atoms with Crippen molar-refractivity contribution in [3.05, 3.63) is 170 Å². The second-order valence-electron chi connectivity index (χ2n) is 13.0. The van der Waals surface area contributed by atoms with Gasteiger partial charge in [0, 0.05) is 39.9 Å². The zero-order valence-corrected chi connectivity index (χ0v) is 27.8. The highest BCUT2D eigenvalue weighted by atomic mass is 14.9. The van der Waals surface area contributed by atoms with Crippen molar-refractivity contribution >= 4 is 54.1 Å². The molecule has 3 aromatic heterocycles. The first-order chi connectivity index (χ1) is 25.7. The van der Waals surface area contributed by atoms with Gasteiger partial charge in [0.1, 0.15) is 0 Å². The third-order valence-corrected chi connectivity index (χ3v) is 9.95. The van der Waals surface area contributed by atoms with Gasteiger partial charge >= 0.3 is 0 Å². The van der Waals surface area contributed by atoms with E-state index in [1.165, 1.54) is 10.8 Å². The zero-order valence-electron chi connectivity index (χ0n) is 27.8. The van der Waals surface area contributed by atoms with E-state index < -0.39 is 0 Å². The Morgan fingerprint density at radius 2 is 1.06 bits per heavy atom.